The molecule has 0 atom stereocenters. The number of fused-ring (bicyclic) bond motifs is 1. The Kier molecular flexibility index (Phi) is 5.41. The van der Waals surface area contributed by atoms with Crippen LogP contribution in [0.4, 0.5) is 0 Å². The van der Waals surface area contributed by atoms with Gasteiger partial charge >= 0.3 is 0 Å². The van der Waals surface area contributed by atoms with Crippen LogP contribution in [0.2, 0.25) is 0 Å². The maximum Gasteiger partial charge on any atom is 0.153 e. The van der Waals surface area contributed by atoms with Gasteiger partial charge in [-0.1, -0.05) is 38.6 Å². The summed E-state index contributed by atoms with van der Waals surface area (Å²) in [5.41, 5.74) is 2.66. The summed E-state index contributed by atoms with van der Waals surface area (Å²) in [6.07, 6.45) is 7.05. The van der Waals surface area contributed by atoms with Crippen LogP contribution in [0.1, 0.15) is 31.3 Å². The van der Waals surface area contributed by atoms with Gasteiger partial charge in [-0.3, -0.25) is 4.99 Å². The third kappa shape index (κ3) is 3.72. The number of methoxy groups -OCH3 is 1. The molecule has 0 amide bonds. The fourth-order valence-corrected chi connectivity index (χ4v) is 2.29. The first-order valence-electron chi connectivity index (χ1n) is 7.41. The summed E-state index contributed by atoms with van der Waals surface area (Å²) < 4.78 is 5.44. The number of aromatic nitrogens is 2. The minimum atomic E-state index is 0.281. The van der Waals surface area contributed by atoms with Crippen molar-refractivity contribution in [2.75, 3.05) is 7.11 Å². The second-order valence-corrected chi connectivity index (χ2v) is 5.33. The summed E-state index contributed by atoms with van der Waals surface area (Å²) in [6.45, 7) is 11.4. The zero-order chi connectivity index (χ0) is 16.8. The molecule has 0 fully saturated rings. The molecule has 1 aromatic carbocycles. The molecule has 0 saturated heterocycles. The monoisotopic (exact) mass is 307 g/mol. The third-order valence-corrected chi connectivity index (χ3v) is 3.40. The van der Waals surface area contributed by atoms with Crippen LogP contribution < -0.4 is 4.74 Å². The summed E-state index contributed by atoms with van der Waals surface area (Å²) in [5, 5.41) is 1.02. The van der Waals surface area contributed by atoms with Crippen molar-refractivity contribution in [2.45, 2.75) is 19.8 Å². The van der Waals surface area contributed by atoms with Crippen LogP contribution in [-0.4, -0.2) is 23.8 Å². The molecule has 1 aromatic heterocycles. The molecule has 0 aliphatic rings. The number of hydrogen-bond donors (Lipinski definition) is 0. The Balaban J connectivity index is 2.61. The van der Waals surface area contributed by atoms with E-state index in [0.29, 0.717) is 5.82 Å². The second kappa shape index (κ2) is 7.49. The molecule has 0 unspecified atom stereocenters. The number of nitrogens with zero attached hydrogens (tertiary/aromatic N) is 3. The minimum absolute atomic E-state index is 0.281. The molecule has 2 rings (SSSR count). The van der Waals surface area contributed by atoms with Crippen molar-refractivity contribution < 1.29 is 4.74 Å². The average molecular weight is 307 g/mol. The van der Waals surface area contributed by atoms with Crippen LogP contribution in [0.15, 0.2) is 53.7 Å². The standard InChI is InChI=1S/C19H21N3O/c1-6-14(12-20-4)10-11-17-21-18(13(2)3)15-8-7-9-16(23-5)19(15)22-17/h6-13H,1,4H2,2-3,5H3/b11-10+,14-12+. The molecule has 0 radical (unpaired) electrons. The van der Waals surface area contributed by atoms with Gasteiger partial charge < -0.3 is 4.74 Å². The Morgan fingerprint density at radius 1 is 1.30 bits per heavy atom. The number of hydrogen-bond acceptors (Lipinski definition) is 4. The van der Waals surface area contributed by atoms with Crippen LogP contribution in [0.3, 0.4) is 0 Å². The Bertz CT molecular complexity index is 789. The van der Waals surface area contributed by atoms with Crippen molar-refractivity contribution >= 4 is 23.7 Å². The van der Waals surface area contributed by atoms with E-state index in [1.54, 1.807) is 19.4 Å². The van der Waals surface area contributed by atoms with E-state index >= 15 is 0 Å². The number of para-hydroxylation sites is 1. The molecule has 0 saturated carbocycles. The Labute approximate surface area is 137 Å². The zero-order valence-electron chi connectivity index (χ0n) is 13.8. The molecular weight excluding hydrogens is 286 g/mol. The van der Waals surface area contributed by atoms with Gasteiger partial charge in [0.25, 0.3) is 0 Å². The minimum Gasteiger partial charge on any atom is -0.494 e. The molecule has 4 nitrogen and oxygen atoms in total. The molecule has 23 heavy (non-hydrogen) atoms. The van der Waals surface area contributed by atoms with Gasteiger partial charge in [-0.15, -0.1) is 0 Å². The number of allylic oxidation sites excluding steroid dienone is 3. The summed E-state index contributed by atoms with van der Waals surface area (Å²) in [5.74, 6) is 1.65. The predicted molar refractivity (Wildman–Crippen MR) is 97.0 cm³/mol. The van der Waals surface area contributed by atoms with Gasteiger partial charge in [0.15, 0.2) is 5.82 Å². The van der Waals surface area contributed by atoms with Gasteiger partial charge in [0.2, 0.25) is 0 Å². The van der Waals surface area contributed by atoms with E-state index in [1.165, 1.54) is 0 Å². The van der Waals surface area contributed by atoms with Crippen LogP contribution in [0, 0.1) is 0 Å². The van der Waals surface area contributed by atoms with Crippen molar-refractivity contribution in [3.8, 4) is 5.75 Å². The number of ether oxygens (including phenoxy) is 1. The number of benzene rings is 1. The lowest BCUT2D eigenvalue weighted by Gasteiger charge is -2.12. The normalized spacial score (nSPS) is 12.1. The number of rotatable bonds is 6. The van der Waals surface area contributed by atoms with Crippen molar-refractivity contribution in [3.63, 3.8) is 0 Å². The molecule has 0 N–H and O–H groups in total. The summed E-state index contributed by atoms with van der Waals surface area (Å²) in [7, 11) is 1.65. The first kappa shape index (κ1) is 16.6. The molecular formula is C19H21N3O. The molecule has 0 aliphatic carbocycles. The van der Waals surface area contributed by atoms with Gasteiger partial charge in [-0.2, -0.15) is 0 Å². The van der Waals surface area contributed by atoms with Crippen LogP contribution in [0.25, 0.3) is 17.0 Å². The van der Waals surface area contributed by atoms with E-state index < -0.39 is 0 Å². The van der Waals surface area contributed by atoms with E-state index in [9.17, 15) is 0 Å². The Hall–Kier alpha value is -2.75. The molecule has 118 valence electrons. The highest BCUT2D eigenvalue weighted by atomic mass is 16.5. The van der Waals surface area contributed by atoms with Gasteiger partial charge in [0.1, 0.15) is 11.3 Å². The van der Waals surface area contributed by atoms with Gasteiger partial charge in [-0.05, 0) is 36.4 Å². The molecule has 0 spiro atoms. The van der Waals surface area contributed by atoms with Crippen molar-refractivity contribution in [1.29, 1.82) is 0 Å². The second-order valence-electron chi connectivity index (χ2n) is 5.33. The van der Waals surface area contributed by atoms with Crippen molar-refractivity contribution in [1.82, 2.24) is 9.97 Å². The quantitative estimate of drug-likeness (QED) is 0.581. The van der Waals surface area contributed by atoms with E-state index in [1.807, 2.05) is 30.4 Å². The van der Waals surface area contributed by atoms with Crippen LogP contribution in [0.5, 0.6) is 5.75 Å². The van der Waals surface area contributed by atoms with E-state index in [-0.39, 0.29) is 5.92 Å². The lowest BCUT2D eigenvalue weighted by molar-refractivity contribution is 0.418. The van der Waals surface area contributed by atoms with Crippen molar-refractivity contribution in [2.24, 2.45) is 4.99 Å². The fraction of sp³-hybridized carbons (Fsp3) is 0.211. The smallest absolute Gasteiger partial charge is 0.153 e. The first-order chi connectivity index (χ1) is 11.1. The highest BCUT2D eigenvalue weighted by Gasteiger charge is 2.12. The molecule has 1 heterocycles. The maximum atomic E-state index is 5.44. The van der Waals surface area contributed by atoms with Gasteiger partial charge in [-0.25, -0.2) is 9.97 Å². The Morgan fingerprint density at radius 2 is 2.09 bits per heavy atom. The highest BCUT2D eigenvalue weighted by Crippen LogP contribution is 2.29. The van der Waals surface area contributed by atoms with E-state index in [2.05, 4.69) is 42.1 Å². The first-order valence-corrected chi connectivity index (χ1v) is 7.41. The lowest BCUT2D eigenvalue weighted by Crippen LogP contribution is -2.01. The molecule has 0 aliphatic heterocycles. The van der Waals surface area contributed by atoms with Crippen LogP contribution in [-0.2, 0) is 0 Å². The number of aliphatic imine (C=N–C) groups is 1. The van der Waals surface area contributed by atoms with Crippen LogP contribution >= 0.6 is 0 Å². The Morgan fingerprint density at radius 3 is 2.70 bits per heavy atom. The summed E-state index contributed by atoms with van der Waals surface area (Å²) in [4.78, 5) is 13.1. The molecule has 0 bridgehead atoms. The fourth-order valence-electron chi connectivity index (χ4n) is 2.29. The maximum absolute atomic E-state index is 5.44. The lowest BCUT2D eigenvalue weighted by atomic mass is 10.0. The average Bonchev–Trinajstić information content (AvgIpc) is 2.57. The van der Waals surface area contributed by atoms with E-state index in [0.717, 1.165) is 27.9 Å². The van der Waals surface area contributed by atoms with Crippen molar-refractivity contribution in [3.05, 3.63) is 60.2 Å². The highest BCUT2D eigenvalue weighted by molar-refractivity contribution is 5.87. The van der Waals surface area contributed by atoms with Gasteiger partial charge in [0.05, 0.1) is 12.8 Å². The van der Waals surface area contributed by atoms with Gasteiger partial charge in [0, 0.05) is 11.6 Å². The molecule has 2 aromatic rings. The summed E-state index contributed by atoms with van der Waals surface area (Å²) >= 11 is 0. The van der Waals surface area contributed by atoms with E-state index in [4.69, 9.17) is 4.74 Å². The topological polar surface area (TPSA) is 47.4 Å². The zero-order valence-corrected chi connectivity index (χ0v) is 13.8. The largest absolute Gasteiger partial charge is 0.494 e. The summed E-state index contributed by atoms with van der Waals surface area (Å²) in [6, 6.07) is 5.89. The molecule has 4 heteroatoms. The third-order valence-electron chi connectivity index (χ3n) is 3.40. The predicted octanol–water partition coefficient (Wildman–Crippen LogP) is 4.55. The SMILES string of the molecule is C=CC(/C=C/c1nc(C(C)C)c2cccc(OC)c2n1)=C\N=C.